The Morgan fingerprint density at radius 3 is 1.62 bits per heavy atom. The van der Waals surface area contributed by atoms with Crippen LogP contribution in [0.15, 0.2) is 31.7 Å². The van der Waals surface area contributed by atoms with Gasteiger partial charge in [0.15, 0.2) is 0 Å². The number of hydrogen-bond acceptors (Lipinski definition) is 8. The number of likely N-dealkylation sites (N-methyl/N-ethyl adjacent to an activating group) is 1. The number of amides is 1. The average molecular weight is 547 g/mol. The molecule has 1 aromatic rings. The lowest BCUT2D eigenvalue weighted by Gasteiger charge is -2.17. The summed E-state index contributed by atoms with van der Waals surface area (Å²) < 4.78 is 12.2. The van der Waals surface area contributed by atoms with Gasteiger partial charge in [-0.05, 0) is 37.8 Å². The highest BCUT2D eigenvalue weighted by Gasteiger charge is 2.33. The molecular formula is C28H38N2O5S2. The molecule has 1 aliphatic rings. The second-order valence-corrected chi connectivity index (χ2v) is 11.5. The summed E-state index contributed by atoms with van der Waals surface area (Å²) in [5.41, 5.74) is -0.00508. The molecule has 1 aromatic carbocycles. The summed E-state index contributed by atoms with van der Waals surface area (Å²) in [6, 6.07) is 5.28. The largest absolute Gasteiger partial charge is 0.425 e. The molecule has 0 aliphatic carbocycles. The third-order valence-electron chi connectivity index (χ3n) is 6.25. The van der Waals surface area contributed by atoms with Gasteiger partial charge in [-0.1, -0.05) is 76.9 Å². The van der Waals surface area contributed by atoms with Gasteiger partial charge in [-0.2, -0.15) is 5.26 Å². The maximum atomic E-state index is 13.0. The molecule has 0 N–H and O–H groups in total. The fourth-order valence-electron chi connectivity index (χ4n) is 3.85. The van der Waals surface area contributed by atoms with Gasteiger partial charge in [0.1, 0.15) is 23.1 Å². The van der Waals surface area contributed by atoms with Crippen molar-refractivity contribution in [2.45, 2.75) is 88.9 Å². The number of benzene rings is 1. The minimum atomic E-state index is -0.418. The number of rotatable bonds is 13. The Labute approximate surface area is 229 Å². The van der Waals surface area contributed by atoms with Crippen molar-refractivity contribution in [2.75, 3.05) is 14.1 Å². The van der Waals surface area contributed by atoms with E-state index in [4.69, 9.17) is 9.47 Å². The van der Waals surface area contributed by atoms with Crippen LogP contribution in [0.4, 0.5) is 0 Å². The molecule has 2 unspecified atom stereocenters. The third-order valence-corrected chi connectivity index (χ3v) is 8.88. The molecule has 1 heterocycles. The Bertz CT molecular complexity index is 1000. The molecule has 37 heavy (non-hydrogen) atoms. The lowest BCUT2D eigenvalue weighted by molar-refractivity contribution is -0.140. The molecule has 0 spiro atoms. The van der Waals surface area contributed by atoms with E-state index < -0.39 is 5.91 Å². The van der Waals surface area contributed by atoms with Crippen LogP contribution in [-0.2, 0) is 14.4 Å². The monoisotopic (exact) mass is 546 g/mol. The SMILES string of the molecule is CCCCC(CC)C(=O)Oc1ccc(OC(=O)C(CC)CCCC)c2c1SC(=C(C#N)C(=O)N(C)C)S2. The summed E-state index contributed by atoms with van der Waals surface area (Å²) in [6.07, 6.45) is 6.72. The number of esters is 2. The number of fused-ring (bicyclic) bond motifs is 1. The van der Waals surface area contributed by atoms with E-state index in [1.54, 1.807) is 26.2 Å². The van der Waals surface area contributed by atoms with E-state index in [-0.39, 0.29) is 29.3 Å². The van der Waals surface area contributed by atoms with Gasteiger partial charge < -0.3 is 14.4 Å². The highest BCUT2D eigenvalue weighted by Crippen LogP contribution is 2.59. The van der Waals surface area contributed by atoms with Crippen molar-refractivity contribution in [3.63, 3.8) is 0 Å². The highest BCUT2D eigenvalue weighted by molar-refractivity contribution is 8.24. The summed E-state index contributed by atoms with van der Waals surface area (Å²) in [6.45, 7) is 8.10. The number of unbranched alkanes of at least 4 members (excludes halogenated alkanes) is 2. The molecule has 0 bridgehead atoms. The van der Waals surface area contributed by atoms with Crippen molar-refractivity contribution in [1.82, 2.24) is 4.90 Å². The minimum absolute atomic E-state index is 0.00508. The van der Waals surface area contributed by atoms with Crippen LogP contribution in [0.5, 0.6) is 11.5 Å². The van der Waals surface area contributed by atoms with Crippen molar-refractivity contribution in [3.8, 4) is 17.6 Å². The first-order chi connectivity index (χ1) is 17.7. The molecule has 7 nitrogen and oxygen atoms in total. The molecule has 2 atom stereocenters. The molecule has 0 saturated heterocycles. The lowest BCUT2D eigenvalue weighted by Crippen LogP contribution is -2.23. The summed E-state index contributed by atoms with van der Waals surface area (Å²) in [7, 11) is 3.17. The molecule has 2 rings (SSSR count). The van der Waals surface area contributed by atoms with Crippen LogP contribution >= 0.6 is 23.5 Å². The van der Waals surface area contributed by atoms with Crippen molar-refractivity contribution in [3.05, 3.63) is 21.9 Å². The number of nitrogens with zero attached hydrogens (tertiary/aromatic N) is 2. The molecule has 0 fully saturated rings. The Morgan fingerprint density at radius 2 is 1.30 bits per heavy atom. The van der Waals surface area contributed by atoms with Crippen molar-refractivity contribution in [1.29, 1.82) is 5.26 Å². The molecular weight excluding hydrogens is 508 g/mol. The van der Waals surface area contributed by atoms with Crippen LogP contribution in [0, 0.1) is 23.2 Å². The van der Waals surface area contributed by atoms with Crippen molar-refractivity contribution >= 4 is 41.4 Å². The smallest absolute Gasteiger partial charge is 0.314 e. The Balaban J connectivity index is 2.47. The van der Waals surface area contributed by atoms with Gasteiger partial charge in [-0.3, -0.25) is 14.4 Å². The van der Waals surface area contributed by atoms with Gasteiger partial charge in [0.2, 0.25) is 0 Å². The zero-order valence-corrected chi connectivity index (χ0v) is 24.4. The molecule has 0 radical (unpaired) electrons. The lowest BCUT2D eigenvalue weighted by atomic mass is 10.00. The average Bonchev–Trinajstić information content (AvgIpc) is 3.32. The molecule has 202 valence electrons. The Morgan fingerprint density at radius 1 is 0.865 bits per heavy atom. The minimum Gasteiger partial charge on any atom is -0.425 e. The van der Waals surface area contributed by atoms with E-state index in [9.17, 15) is 19.6 Å². The predicted octanol–water partition coefficient (Wildman–Crippen LogP) is 6.95. The Hall–Kier alpha value is -2.44. The third kappa shape index (κ3) is 8.02. The standard InChI is InChI=1S/C28H38N2O5S2/c1-7-11-13-18(9-3)26(32)34-21-15-16-22(35-27(33)19(10-4)14-12-8-2)24-23(21)36-28(37-24)20(17-29)25(31)30(5)6/h15-16,18-19H,7-14H2,1-6H3. The second-order valence-electron chi connectivity index (χ2n) is 9.24. The van der Waals surface area contributed by atoms with Gasteiger partial charge >= 0.3 is 11.9 Å². The first kappa shape index (κ1) is 30.8. The van der Waals surface area contributed by atoms with Crippen LogP contribution in [0.1, 0.15) is 79.1 Å². The van der Waals surface area contributed by atoms with Crippen LogP contribution in [-0.4, -0.2) is 36.8 Å². The highest BCUT2D eigenvalue weighted by atomic mass is 32.2. The van der Waals surface area contributed by atoms with E-state index in [0.717, 1.165) is 38.5 Å². The topological polar surface area (TPSA) is 96.7 Å². The number of carbonyl (C=O) groups is 3. The zero-order chi connectivity index (χ0) is 27.5. The first-order valence-electron chi connectivity index (χ1n) is 13.0. The second kappa shape index (κ2) is 15.1. The van der Waals surface area contributed by atoms with Gasteiger partial charge in [0.05, 0.1) is 25.9 Å². The van der Waals surface area contributed by atoms with Crippen LogP contribution in [0.3, 0.4) is 0 Å². The van der Waals surface area contributed by atoms with Gasteiger partial charge in [0, 0.05) is 14.1 Å². The molecule has 1 aliphatic heterocycles. The summed E-state index contributed by atoms with van der Waals surface area (Å²) >= 11 is 2.39. The normalized spacial score (nSPS) is 13.8. The van der Waals surface area contributed by atoms with E-state index in [2.05, 4.69) is 13.8 Å². The summed E-state index contributed by atoms with van der Waals surface area (Å²) in [5, 5.41) is 9.74. The van der Waals surface area contributed by atoms with Crippen LogP contribution in [0.2, 0.25) is 0 Å². The fourth-order valence-corrected chi connectivity index (χ4v) is 6.42. The Kier molecular flexibility index (Phi) is 12.6. The summed E-state index contributed by atoms with van der Waals surface area (Å²) in [5.74, 6) is -0.766. The number of carbonyl (C=O) groups excluding carboxylic acids is 3. The quantitative estimate of drug-likeness (QED) is 0.113. The van der Waals surface area contributed by atoms with E-state index in [0.29, 0.717) is 38.4 Å². The van der Waals surface area contributed by atoms with Gasteiger partial charge in [-0.25, -0.2) is 0 Å². The van der Waals surface area contributed by atoms with Crippen molar-refractivity contribution < 1.29 is 23.9 Å². The maximum Gasteiger partial charge on any atom is 0.314 e. The molecule has 1 amide bonds. The number of thioether (sulfide) groups is 2. The number of hydrogen-bond donors (Lipinski definition) is 0. The van der Waals surface area contributed by atoms with E-state index in [1.165, 1.54) is 28.4 Å². The molecule has 9 heteroatoms. The van der Waals surface area contributed by atoms with Gasteiger partial charge in [0.25, 0.3) is 5.91 Å². The van der Waals surface area contributed by atoms with E-state index >= 15 is 0 Å². The fraction of sp³-hybridized carbons (Fsp3) is 0.571. The van der Waals surface area contributed by atoms with Crippen LogP contribution < -0.4 is 9.47 Å². The van der Waals surface area contributed by atoms with Crippen molar-refractivity contribution in [2.24, 2.45) is 11.8 Å². The summed E-state index contributed by atoms with van der Waals surface area (Å²) in [4.78, 5) is 41.1. The molecule has 0 saturated carbocycles. The predicted molar refractivity (Wildman–Crippen MR) is 147 cm³/mol. The number of nitriles is 1. The molecule has 0 aromatic heterocycles. The maximum absolute atomic E-state index is 13.0. The van der Waals surface area contributed by atoms with Gasteiger partial charge in [-0.15, -0.1) is 0 Å². The number of ether oxygens (including phenoxy) is 2. The first-order valence-corrected chi connectivity index (χ1v) is 14.7. The van der Waals surface area contributed by atoms with Crippen LogP contribution in [0.25, 0.3) is 0 Å². The zero-order valence-electron chi connectivity index (χ0n) is 22.7. The van der Waals surface area contributed by atoms with E-state index in [1.807, 2.05) is 19.9 Å².